The highest BCUT2D eigenvalue weighted by molar-refractivity contribution is 9.12. The van der Waals surface area contributed by atoms with Gasteiger partial charge in [0, 0.05) is 0 Å². The lowest BCUT2D eigenvalue weighted by molar-refractivity contribution is -0.154. The molecule has 0 radical (unpaired) electrons. The van der Waals surface area contributed by atoms with Gasteiger partial charge in [-0.15, -0.1) is 0 Å². The fourth-order valence-corrected chi connectivity index (χ4v) is 2.58. The molecule has 0 aliphatic carbocycles. The Labute approximate surface area is 134 Å². The van der Waals surface area contributed by atoms with Gasteiger partial charge in [-0.05, 0) is 12.5 Å². The molecule has 1 aromatic rings. The molecule has 0 bridgehead atoms. The van der Waals surface area contributed by atoms with Crippen LogP contribution in [0.15, 0.2) is 30.3 Å². The molecule has 0 fully saturated rings. The summed E-state index contributed by atoms with van der Waals surface area (Å²) >= 11 is 6.68. The van der Waals surface area contributed by atoms with Gasteiger partial charge in [-0.3, -0.25) is 9.59 Å². The van der Waals surface area contributed by atoms with Crippen molar-refractivity contribution in [2.24, 2.45) is 0 Å². The van der Waals surface area contributed by atoms with E-state index in [4.69, 9.17) is 0 Å². The summed E-state index contributed by atoms with van der Waals surface area (Å²) in [4.78, 5) is 33.8. The van der Waals surface area contributed by atoms with Crippen LogP contribution in [0.5, 0.6) is 0 Å². The molecule has 2 atom stereocenters. The van der Waals surface area contributed by atoms with Crippen LogP contribution in [0.3, 0.4) is 0 Å². The van der Waals surface area contributed by atoms with Crippen molar-refractivity contribution in [2.45, 2.75) is 23.0 Å². The van der Waals surface area contributed by atoms with Crippen molar-refractivity contribution >= 4 is 49.4 Å². The van der Waals surface area contributed by atoms with E-state index in [1.165, 1.54) is 0 Å². The zero-order chi connectivity index (χ0) is 15.1. The Hall–Kier alpha value is -1.01. The molecular formula is C14H14Br2O4. The first-order valence-electron chi connectivity index (χ1n) is 6.03. The summed E-state index contributed by atoms with van der Waals surface area (Å²) in [6.07, 6.45) is -0.469. The van der Waals surface area contributed by atoms with Crippen LogP contribution in [0.1, 0.15) is 23.7 Å². The monoisotopic (exact) mass is 404 g/mol. The predicted octanol–water partition coefficient (Wildman–Crippen LogP) is 2.98. The number of carbonyl (C=O) groups excluding carboxylic acids is 3. The van der Waals surface area contributed by atoms with Crippen molar-refractivity contribution in [2.75, 3.05) is 6.61 Å². The van der Waals surface area contributed by atoms with Crippen LogP contribution in [0, 0.1) is 0 Å². The van der Waals surface area contributed by atoms with Gasteiger partial charge in [0.25, 0.3) is 0 Å². The van der Waals surface area contributed by atoms with Crippen LogP contribution >= 0.6 is 31.9 Å². The van der Waals surface area contributed by atoms with Gasteiger partial charge in [0.2, 0.25) is 5.78 Å². The summed E-state index contributed by atoms with van der Waals surface area (Å²) in [5.74, 6) is -2.16. The number of benzene rings is 1. The third kappa shape index (κ3) is 4.83. The molecule has 0 aliphatic heterocycles. The molecular weight excluding hydrogens is 392 g/mol. The molecule has 1 rings (SSSR count). The molecule has 0 N–H and O–H groups in total. The zero-order valence-corrected chi connectivity index (χ0v) is 14.0. The van der Waals surface area contributed by atoms with E-state index in [0.717, 1.165) is 5.56 Å². The molecule has 108 valence electrons. The number of rotatable bonds is 7. The van der Waals surface area contributed by atoms with E-state index in [0.29, 0.717) is 0 Å². The second kappa shape index (κ2) is 8.32. The number of alkyl halides is 2. The fraction of sp³-hybridized carbons (Fsp3) is 0.357. The lowest BCUT2D eigenvalue weighted by Gasteiger charge is -2.15. The van der Waals surface area contributed by atoms with E-state index in [9.17, 15) is 14.4 Å². The number of hydrogen-bond donors (Lipinski definition) is 0. The Morgan fingerprint density at radius 1 is 1.15 bits per heavy atom. The van der Waals surface area contributed by atoms with E-state index >= 15 is 0 Å². The first-order chi connectivity index (χ1) is 9.47. The quantitative estimate of drug-likeness (QED) is 0.303. The van der Waals surface area contributed by atoms with Crippen LogP contribution in [-0.2, 0) is 19.1 Å². The van der Waals surface area contributed by atoms with Crippen molar-refractivity contribution in [1.82, 2.24) is 0 Å². The third-order valence-electron chi connectivity index (χ3n) is 2.52. The van der Waals surface area contributed by atoms with Crippen LogP contribution in [-0.4, -0.2) is 29.0 Å². The van der Waals surface area contributed by atoms with E-state index in [-0.39, 0.29) is 17.2 Å². The SMILES string of the molecule is CCOC(=O)C(=O)CC(=O)C(Br)C(Br)c1ccccc1. The van der Waals surface area contributed by atoms with Gasteiger partial charge in [0.1, 0.15) is 0 Å². The Bertz CT molecular complexity index is 487. The Kier molecular flexibility index (Phi) is 7.09. The van der Waals surface area contributed by atoms with E-state index in [1.54, 1.807) is 6.92 Å². The number of hydrogen-bond acceptors (Lipinski definition) is 4. The second-order valence-corrected chi connectivity index (χ2v) is 5.97. The van der Waals surface area contributed by atoms with Crippen molar-refractivity contribution in [3.8, 4) is 0 Å². The summed E-state index contributed by atoms with van der Waals surface area (Å²) in [6.45, 7) is 1.71. The molecule has 0 amide bonds. The largest absolute Gasteiger partial charge is 0.460 e. The van der Waals surface area contributed by atoms with Crippen molar-refractivity contribution in [3.63, 3.8) is 0 Å². The standard InChI is InChI=1S/C14H14Br2O4/c1-2-20-14(19)11(18)8-10(17)13(16)12(15)9-6-4-3-5-7-9/h3-7,12-13H,2,8H2,1H3. The number of esters is 1. The average molecular weight is 406 g/mol. The van der Waals surface area contributed by atoms with Crippen LogP contribution in [0.4, 0.5) is 0 Å². The van der Waals surface area contributed by atoms with Gasteiger partial charge in [-0.2, -0.15) is 0 Å². The highest BCUT2D eigenvalue weighted by Gasteiger charge is 2.28. The topological polar surface area (TPSA) is 60.4 Å². The predicted molar refractivity (Wildman–Crippen MR) is 82.1 cm³/mol. The molecule has 1 aromatic carbocycles. The van der Waals surface area contributed by atoms with Gasteiger partial charge in [-0.25, -0.2) is 4.79 Å². The molecule has 20 heavy (non-hydrogen) atoms. The first kappa shape index (κ1) is 17.0. The molecule has 0 saturated carbocycles. The minimum atomic E-state index is -0.966. The van der Waals surface area contributed by atoms with Gasteiger partial charge in [-0.1, -0.05) is 62.2 Å². The number of ether oxygens (including phenoxy) is 1. The van der Waals surface area contributed by atoms with Crippen LogP contribution < -0.4 is 0 Å². The van der Waals surface area contributed by atoms with E-state index in [1.807, 2.05) is 30.3 Å². The summed E-state index contributed by atoms with van der Waals surface area (Å²) < 4.78 is 4.56. The summed E-state index contributed by atoms with van der Waals surface area (Å²) in [7, 11) is 0. The molecule has 0 aliphatic rings. The number of Topliss-reactive ketones (excluding diaryl/α,β-unsaturated/α-hetero) is 2. The minimum absolute atomic E-state index is 0.113. The smallest absolute Gasteiger partial charge is 0.375 e. The number of halogens is 2. The summed E-state index contributed by atoms with van der Waals surface area (Å²) in [6, 6.07) is 9.33. The van der Waals surface area contributed by atoms with E-state index < -0.39 is 23.0 Å². The summed E-state index contributed by atoms with van der Waals surface area (Å²) in [5.41, 5.74) is 0.909. The van der Waals surface area contributed by atoms with Crippen molar-refractivity contribution < 1.29 is 19.1 Å². The van der Waals surface area contributed by atoms with Crippen molar-refractivity contribution in [3.05, 3.63) is 35.9 Å². The van der Waals surface area contributed by atoms with Gasteiger partial charge in [0.15, 0.2) is 5.78 Å². The highest BCUT2D eigenvalue weighted by atomic mass is 79.9. The van der Waals surface area contributed by atoms with Gasteiger partial charge < -0.3 is 4.74 Å². The fourth-order valence-electron chi connectivity index (χ4n) is 1.51. The lowest BCUT2D eigenvalue weighted by Crippen LogP contribution is -2.26. The van der Waals surface area contributed by atoms with Crippen molar-refractivity contribution in [1.29, 1.82) is 0 Å². The van der Waals surface area contributed by atoms with E-state index in [2.05, 4.69) is 36.6 Å². The maximum Gasteiger partial charge on any atom is 0.375 e. The minimum Gasteiger partial charge on any atom is -0.460 e. The molecule has 6 heteroatoms. The molecule has 2 unspecified atom stereocenters. The third-order valence-corrected chi connectivity index (χ3v) is 5.33. The molecule has 0 aromatic heterocycles. The second-order valence-electron chi connectivity index (χ2n) is 4.00. The molecule has 0 spiro atoms. The number of carbonyl (C=O) groups is 3. The zero-order valence-electron chi connectivity index (χ0n) is 10.8. The normalized spacial score (nSPS) is 13.3. The number of ketones is 2. The average Bonchev–Trinajstić information content (AvgIpc) is 2.46. The van der Waals surface area contributed by atoms with Gasteiger partial charge >= 0.3 is 5.97 Å². The maximum atomic E-state index is 12.0. The van der Waals surface area contributed by atoms with Gasteiger partial charge in [0.05, 0.1) is 22.7 Å². The molecule has 0 saturated heterocycles. The van der Waals surface area contributed by atoms with Crippen LogP contribution in [0.2, 0.25) is 0 Å². The molecule has 0 heterocycles. The lowest BCUT2D eigenvalue weighted by atomic mass is 10.0. The Balaban J connectivity index is 2.63. The Morgan fingerprint density at radius 3 is 2.30 bits per heavy atom. The maximum absolute atomic E-state index is 12.0. The molecule has 4 nitrogen and oxygen atoms in total. The summed E-state index contributed by atoms with van der Waals surface area (Å²) in [5, 5.41) is 0. The highest BCUT2D eigenvalue weighted by Crippen LogP contribution is 2.32. The first-order valence-corrected chi connectivity index (χ1v) is 7.86. The Morgan fingerprint density at radius 2 is 1.75 bits per heavy atom. The van der Waals surface area contributed by atoms with Crippen LogP contribution in [0.25, 0.3) is 0 Å².